The molecule has 0 spiro atoms. The van der Waals surface area contributed by atoms with Gasteiger partial charge in [-0.2, -0.15) is 0 Å². The number of aliphatic hydroxyl groups excluding tert-OH is 1. The van der Waals surface area contributed by atoms with E-state index in [1.165, 1.54) is 18.2 Å². The number of halogens is 1. The molecule has 3 atom stereocenters. The van der Waals surface area contributed by atoms with E-state index in [0.717, 1.165) is 12.0 Å². The van der Waals surface area contributed by atoms with Gasteiger partial charge in [0.25, 0.3) is 11.8 Å². The number of hydrogen-bond acceptors (Lipinski definition) is 6. The highest BCUT2D eigenvalue weighted by Gasteiger charge is 2.24. The van der Waals surface area contributed by atoms with Crippen molar-refractivity contribution in [3.8, 4) is 5.75 Å². The third-order valence-corrected chi connectivity index (χ3v) is 5.02. The molecule has 2 amide bonds. The first kappa shape index (κ1) is 25.1. The first-order valence-electron chi connectivity index (χ1n) is 9.99. The van der Waals surface area contributed by atoms with Crippen molar-refractivity contribution in [2.24, 2.45) is 5.73 Å². The molecule has 0 aliphatic heterocycles. The molecule has 0 heterocycles. The number of carbonyl (C=O) groups excluding carboxylic acids is 2. The average Bonchev–Trinajstić information content (AvgIpc) is 2.72. The number of hydrogen-bond donors (Lipinski definition) is 6. The summed E-state index contributed by atoms with van der Waals surface area (Å²) in [5, 5.41) is 33.2. The molecule has 172 valence electrons. The van der Waals surface area contributed by atoms with Crippen molar-refractivity contribution in [2.75, 3.05) is 0 Å². The topological polar surface area (TPSA) is 162 Å². The fourth-order valence-electron chi connectivity index (χ4n) is 3.13. The van der Waals surface area contributed by atoms with Crippen LogP contribution in [0.1, 0.15) is 58.5 Å². The molecule has 32 heavy (non-hydrogen) atoms. The molecule has 0 bridgehead atoms. The Hall–Kier alpha value is -3.14. The van der Waals surface area contributed by atoms with Gasteiger partial charge in [0.1, 0.15) is 18.0 Å². The van der Waals surface area contributed by atoms with Gasteiger partial charge in [0, 0.05) is 12.0 Å². The van der Waals surface area contributed by atoms with Crippen LogP contribution >= 0.6 is 11.6 Å². The van der Waals surface area contributed by atoms with Gasteiger partial charge >= 0.3 is 5.97 Å². The SMILES string of the molecule is CCCC(NC(=O)c1ccc(C(=O)NC(CC(N)O)C(=O)O)c(Cl)c1)c1cccc(O)c1. The van der Waals surface area contributed by atoms with Gasteiger partial charge < -0.3 is 31.7 Å². The number of carbonyl (C=O) groups is 3. The molecule has 7 N–H and O–H groups in total. The molecule has 0 aliphatic rings. The van der Waals surface area contributed by atoms with Gasteiger partial charge in [-0.05, 0) is 42.3 Å². The lowest BCUT2D eigenvalue weighted by molar-refractivity contribution is -0.140. The lowest BCUT2D eigenvalue weighted by Crippen LogP contribution is -2.44. The number of aliphatic hydroxyl groups is 1. The second kappa shape index (κ2) is 11.5. The summed E-state index contributed by atoms with van der Waals surface area (Å²) in [4.78, 5) is 36.4. The predicted octanol–water partition coefficient (Wildman–Crippen LogP) is 2.17. The van der Waals surface area contributed by atoms with Crippen LogP contribution in [0.25, 0.3) is 0 Å². The maximum atomic E-state index is 12.8. The number of phenolic OH excluding ortho intramolecular Hbond substituents is 1. The summed E-state index contributed by atoms with van der Waals surface area (Å²) in [5.74, 6) is -2.46. The Morgan fingerprint density at radius 2 is 1.81 bits per heavy atom. The Labute approximate surface area is 190 Å². The number of carboxylic acids is 1. The van der Waals surface area contributed by atoms with Crippen molar-refractivity contribution < 1.29 is 29.7 Å². The van der Waals surface area contributed by atoms with Gasteiger partial charge in [-0.15, -0.1) is 0 Å². The van der Waals surface area contributed by atoms with Gasteiger partial charge in [-0.3, -0.25) is 9.59 Å². The van der Waals surface area contributed by atoms with E-state index >= 15 is 0 Å². The van der Waals surface area contributed by atoms with Crippen LogP contribution in [0, 0.1) is 0 Å². The van der Waals surface area contributed by atoms with E-state index < -0.39 is 30.1 Å². The molecular formula is C22H26ClN3O6. The summed E-state index contributed by atoms with van der Waals surface area (Å²) < 4.78 is 0. The van der Waals surface area contributed by atoms with Gasteiger partial charge in [0.2, 0.25) is 0 Å². The molecule has 0 saturated heterocycles. The highest BCUT2D eigenvalue weighted by atomic mass is 35.5. The lowest BCUT2D eigenvalue weighted by Gasteiger charge is -2.19. The van der Waals surface area contributed by atoms with E-state index in [0.29, 0.717) is 6.42 Å². The van der Waals surface area contributed by atoms with Crippen molar-refractivity contribution in [1.82, 2.24) is 10.6 Å². The first-order valence-corrected chi connectivity index (χ1v) is 10.4. The number of amides is 2. The zero-order chi connectivity index (χ0) is 23.8. The molecule has 3 unspecified atom stereocenters. The molecule has 2 aromatic carbocycles. The summed E-state index contributed by atoms with van der Waals surface area (Å²) in [6.45, 7) is 1.97. The number of nitrogens with one attached hydrogen (secondary N) is 2. The fourth-order valence-corrected chi connectivity index (χ4v) is 3.40. The number of benzene rings is 2. The third-order valence-electron chi connectivity index (χ3n) is 4.71. The number of rotatable bonds is 10. The van der Waals surface area contributed by atoms with Crippen LogP contribution in [-0.4, -0.2) is 45.4 Å². The van der Waals surface area contributed by atoms with E-state index in [9.17, 15) is 24.6 Å². The molecule has 2 rings (SSSR count). The molecule has 0 radical (unpaired) electrons. The van der Waals surface area contributed by atoms with Gasteiger partial charge in [0.05, 0.1) is 16.6 Å². The van der Waals surface area contributed by atoms with Crippen molar-refractivity contribution >= 4 is 29.4 Å². The minimum absolute atomic E-state index is 0.0286. The molecular weight excluding hydrogens is 438 g/mol. The second-order valence-corrected chi connectivity index (χ2v) is 7.68. The van der Waals surface area contributed by atoms with Gasteiger partial charge in [-0.25, -0.2) is 4.79 Å². The van der Waals surface area contributed by atoms with E-state index in [-0.39, 0.29) is 34.4 Å². The van der Waals surface area contributed by atoms with Crippen LogP contribution in [0.4, 0.5) is 0 Å². The van der Waals surface area contributed by atoms with Crippen LogP contribution in [0.5, 0.6) is 5.75 Å². The lowest BCUT2D eigenvalue weighted by atomic mass is 10.0. The minimum Gasteiger partial charge on any atom is -0.508 e. The summed E-state index contributed by atoms with van der Waals surface area (Å²) in [6.07, 6.45) is -0.358. The Morgan fingerprint density at radius 3 is 2.38 bits per heavy atom. The Balaban J connectivity index is 2.16. The smallest absolute Gasteiger partial charge is 0.326 e. The normalized spacial score (nSPS) is 13.6. The van der Waals surface area contributed by atoms with E-state index in [1.807, 2.05) is 6.92 Å². The number of carboxylic acid groups (broad SMARTS) is 1. The van der Waals surface area contributed by atoms with Gasteiger partial charge in [-0.1, -0.05) is 37.1 Å². The van der Waals surface area contributed by atoms with Crippen LogP contribution in [-0.2, 0) is 4.79 Å². The summed E-state index contributed by atoms with van der Waals surface area (Å²) in [5.41, 5.74) is 6.13. The summed E-state index contributed by atoms with van der Waals surface area (Å²) in [6, 6.07) is 8.90. The molecule has 0 aromatic heterocycles. The Kier molecular flexibility index (Phi) is 9.01. The summed E-state index contributed by atoms with van der Waals surface area (Å²) >= 11 is 6.18. The number of phenols is 1. The Morgan fingerprint density at radius 1 is 1.09 bits per heavy atom. The van der Waals surface area contributed by atoms with Crippen molar-refractivity contribution in [3.05, 3.63) is 64.2 Å². The highest BCUT2D eigenvalue weighted by Crippen LogP contribution is 2.24. The molecule has 9 nitrogen and oxygen atoms in total. The first-order chi connectivity index (χ1) is 15.1. The van der Waals surface area contributed by atoms with Crippen molar-refractivity contribution in [3.63, 3.8) is 0 Å². The fraction of sp³-hybridized carbons (Fsp3) is 0.318. The average molecular weight is 464 g/mol. The number of nitrogens with two attached hydrogens (primary N) is 1. The highest BCUT2D eigenvalue weighted by molar-refractivity contribution is 6.34. The zero-order valence-electron chi connectivity index (χ0n) is 17.4. The van der Waals surface area contributed by atoms with Crippen molar-refractivity contribution in [1.29, 1.82) is 0 Å². The second-order valence-electron chi connectivity index (χ2n) is 7.27. The van der Waals surface area contributed by atoms with Crippen molar-refractivity contribution in [2.45, 2.75) is 44.5 Å². The predicted molar refractivity (Wildman–Crippen MR) is 118 cm³/mol. The van der Waals surface area contributed by atoms with E-state index in [4.69, 9.17) is 22.4 Å². The van der Waals surface area contributed by atoms with Crippen LogP contribution in [0.15, 0.2) is 42.5 Å². The summed E-state index contributed by atoms with van der Waals surface area (Å²) in [7, 11) is 0. The zero-order valence-corrected chi connectivity index (χ0v) is 18.2. The van der Waals surface area contributed by atoms with Gasteiger partial charge in [0.15, 0.2) is 0 Å². The maximum absolute atomic E-state index is 12.8. The van der Waals surface area contributed by atoms with Crippen LogP contribution in [0.2, 0.25) is 5.02 Å². The standard InChI is InChI=1S/C22H26ClN3O6/c1-2-4-17(12-5-3-6-14(27)9-12)25-20(29)13-7-8-15(16(23)10-13)21(30)26-18(22(31)32)11-19(24)28/h3,5-10,17-19,27-28H,2,4,11,24H2,1H3,(H,25,29)(H,26,30)(H,31,32). The molecule has 0 fully saturated rings. The maximum Gasteiger partial charge on any atom is 0.326 e. The number of aromatic hydroxyl groups is 1. The molecule has 0 saturated carbocycles. The largest absolute Gasteiger partial charge is 0.508 e. The molecule has 0 aliphatic carbocycles. The van der Waals surface area contributed by atoms with Crippen LogP contribution < -0.4 is 16.4 Å². The van der Waals surface area contributed by atoms with Crippen LogP contribution in [0.3, 0.4) is 0 Å². The Bertz CT molecular complexity index is 982. The molecule has 10 heteroatoms. The quantitative estimate of drug-likeness (QED) is 0.294. The third kappa shape index (κ3) is 6.94. The monoisotopic (exact) mass is 463 g/mol. The minimum atomic E-state index is -1.42. The van der Waals surface area contributed by atoms with E-state index in [1.54, 1.807) is 24.3 Å². The van der Waals surface area contributed by atoms with E-state index in [2.05, 4.69) is 10.6 Å². The number of aliphatic carboxylic acids is 1. The molecule has 2 aromatic rings.